The summed E-state index contributed by atoms with van der Waals surface area (Å²) in [5, 5.41) is 14.8. The SMILES string of the molecule is COc1ccc(OC)c(CNC(=O)/C(=C/c2ccco2)n2nnnc2-c2ccccc2)c1. The van der Waals surface area contributed by atoms with Crippen molar-refractivity contribution in [2.24, 2.45) is 0 Å². The van der Waals surface area contributed by atoms with Crippen LogP contribution >= 0.6 is 0 Å². The van der Waals surface area contributed by atoms with Crippen molar-refractivity contribution in [3.8, 4) is 22.9 Å². The first-order valence-electron chi connectivity index (χ1n) is 9.78. The van der Waals surface area contributed by atoms with Crippen LogP contribution in [0.3, 0.4) is 0 Å². The molecule has 162 valence electrons. The number of benzene rings is 2. The lowest BCUT2D eigenvalue weighted by atomic mass is 10.1. The second-order valence-corrected chi connectivity index (χ2v) is 6.69. The number of methoxy groups -OCH3 is 2. The lowest BCUT2D eigenvalue weighted by Crippen LogP contribution is -2.27. The Kier molecular flexibility index (Phi) is 6.26. The summed E-state index contributed by atoms with van der Waals surface area (Å²) in [7, 11) is 3.15. The fourth-order valence-corrected chi connectivity index (χ4v) is 3.13. The highest BCUT2D eigenvalue weighted by atomic mass is 16.5. The molecular formula is C23H21N5O4. The summed E-state index contributed by atoms with van der Waals surface area (Å²) >= 11 is 0. The zero-order chi connectivity index (χ0) is 22.3. The van der Waals surface area contributed by atoms with E-state index in [4.69, 9.17) is 13.9 Å². The average molecular weight is 431 g/mol. The first kappa shape index (κ1) is 20.9. The van der Waals surface area contributed by atoms with Crippen molar-refractivity contribution in [1.82, 2.24) is 25.5 Å². The standard InChI is InChI=1S/C23H21N5O4/c1-30-18-10-11-21(31-2)17(13-18)15-24-23(29)20(14-19-9-6-12-32-19)28-22(25-26-27-28)16-7-4-3-5-8-16/h3-14H,15H2,1-2H3,(H,24,29)/b20-14-. The predicted molar refractivity (Wildman–Crippen MR) is 118 cm³/mol. The lowest BCUT2D eigenvalue weighted by molar-refractivity contribution is -0.116. The molecule has 0 radical (unpaired) electrons. The fraction of sp³-hybridized carbons (Fsp3) is 0.130. The number of nitrogens with one attached hydrogen (secondary N) is 1. The molecule has 0 saturated heterocycles. The maximum Gasteiger partial charge on any atom is 0.270 e. The van der Waals surface area contributed by atoms with Gasteiger partial charge in [-0.15, -0.1) is 5.10 Å². The Morgan fingerprint density at radius 2 is 1.94 bits per heavy atom. The summed E-state index contributed by atoms with van der Waals surface area (Å²) in [6.45, 7) is 0.206. The molecule has 2 aromatic carbocycles. The molecule has 1 amide bonds. The second-order valence-electron chi connectivity index (χ2n) is 6.69. The highest BCUT2D eigenvalue weighted by Gasteiger charge is 2.20. The molecule has 2 heterocycles. The highest BCUT2D eigenvalue weighted by Crippen LogP contribution is 2.25. The number of carbonyl (C=O) groups excluding carboxylic acids is 1. The van der Waals surface area contributed by atoms with E-state index in [-0.39, 0.29) is 12.2 Å². The first-order chi connectivity index (χ1) is 15.7. The molecule has 0 unspecified atom stereocenters. The monoisotopic (exact) mass is 431 g/mol. The van der Waals surface area contributed by atoms with E-state index in [2.05, 4.69) is 20.8 Å². The van der Waals surface area contributed by atoms with Crippen LogP contribution in [0.15, 0.2) is 71.3 Å². The molecule has 0 saturated carbocycles. The van der Waals surface area contributed by atoms with Gasteiger partial charge in [0.2, 0.25) is 0 Å². The molecule has 0 fully saturated rings. The molecule has 2 aromatic heterocycles. The minimum absolute atomic E-state index is 0.200. The van der Waals surface area contributed by atoms with Gasteiger partial charge in [-0.25, -0.2) is 0 Å². The average Bonchev–Trinajstić information content (AvgIpc) is 3.53. The van der Waals surface area contributed by atoms with Gasteiger partial charge in [-0.1, -0.05) is 30.3 Å². The molecule has 0 spiro atoms. The van der Waals surface area contributed by atoms with Gasteiger partial charge in [-0.3, -0.25) is 4.79 Å². The van der Waals surface area contributed by atoms with Gasteiger partial charge in [0.1, 0.15) is 23.0 Å². The summed E-state index contributed by atoms with van der Waals surface area (Å²) in [6, 6.07) is 18.2. The Bertz CT molecular complexity index is 1220. The van der Waals surface area contributed by atoms with Crippen molar-refractivity contribution >= 4 is 17.7 Å². The van der Waals surface area contributed by atoms with E-state index in [1.54, 1.807) is 50.6 Å². The molecule has 0 aliphatic rings. The van der Waals surface area contributed by atoms with Crippen LogP contribution in [0, 0.1) is 0 Å². The van der Waals surface area contributed by atoms with Crippen LogP contribution in [-0.4, -0.2) is 40.3 Å². The molecule has 0 atom stereocenters. The topological polar surface area (TPSA) is 104 Å². The molecule has 4 aromatic rings. The number of nitrogens with zero attached hydrogens (tertiary/aromatic N) is 4. The Morgan fingerprint density at radius 1 is 1.09 bits per heavy atom. The molecule has 1 N–H and O–H groups in total. The van der Waals surface area contributed by atoms with Crippen molar-refractivity contribution in [2.45, 2.75) is 6.54 Å². The normalized spacial score (nSPS) is 11.2. The van der Waals surface area contributed by atoms with Gasteiger partial charge >= 0.3 is 0 Å². The second kappa shape index (κ2) is 9.61. The quantitative estimate of drug-likeness (QED) is 0.427. The number of rotatable bonds is 8. The number of furan rings is 1. The van der Waals surface area contributed by atoms with Gasteiger partial charge in [-0.2, -0.15) is 4.68 Å². The van der Waals surface area contributed by atoms with Crippen molar-refractivity contribution in [3.63, 3.8) is 0 Å². The maximum absolute atomic E-state index is 13.3. The Labute approximate surface area is 184 Å². The summed E-state index contributed by atoms with van der Waals surface area (Å²) in [4.78, 5) is 13.3. The Balaban J connectivity index is 1.66. The fourth-order valence-electron chi connectivity index (χ4n) is 3.13. The number of ether oxygens (including phenoxy) is 2. The molecule has 0 aliphatic carbocycles. The van der Waals surface area contributed by atoms with Crippen LogP contribution in [-0.2, 0) is 11.3 Å². The first-order valence-corrected chi connectivity index (χ1v) is 9.78. The zero-order valence-electron chi connectivity index (χ0n) is 17.6. The van der Waals surface area contributed by atoms with Gasteiger partial charge in [0.15, 0.2) is 5.82 Å². The van der Waals surface area contributed by atoms with Crippen LogP contribution in [0.2, 0.25) is 0 Å². The largest absolute Gasteiger partial charge is 0.497 e. The maximum atomic E-state index is 13.3. The van der Waals surface area contributed by atoms with Crippen molar-refractivity contribution in [1.29, 1.82) is 0 Å². The number of amides is 1. The molecule has 32 heavy (non-hydrogen) atoms. The summed E-state index contributed by atoms with van der Waals surface area (Å²) in [5.74, 6) is 1.82. The highest BCUT2D eigenvalue weighted by molar-refractivity contribution is 6.18. The number of aromatic nitrogens is 4. The molecule has 4 rings (SSSR count). The van der Waals surface area contributed by atoms with E-state index < -0.39 is 5.91 Å². The molecule has 9 heteroatoms. The predicted octanol–water partition coefficient (Wildman–Crippen LogP) is 3.26. The van der Waals surface area contributed by atoms with E-state index in [0.29, 0.717) is 23.1 Å². The third-order valence-electron chi connectivity index (χ3n) is 4.71. The van der Waals surface area contributed by atoms with E-state index in [0.717, 1.165) is 11.1 Å². The smallest absolute Gasteiger partial charge is 0.270 e. The Morgan fingerprint density at radius 3 is 2.66 bits per heavy atom. The minimum atomic E-state index is -0.393. The van der Waals surface area contributed by atoms with Gasteiger partial charge in [0.05, 0.1) is 20.5 Å². The van der Waals surface area contributed by atoms with Gasteiger partial charge in [-0.05, 0) is 40.8 Å². The number of hydrogen-bond acceptors (Lipinski definition) is 7. The Hall–Kier alpha value is -4.40. The molecule has 0 bridgehead atoms. The number of carbonyl (C=O) groups is 1. The van der Waals surface area contributed by atoms with Crippen LogP contribution in [0.25, 0.3) is 23.2 Å². The summed E-state index contributed by atoms with van der Waals surface area (Å²) in [5.41, 5.74) is 1.73. The third kappa shape index (κ3) is 4.51. The van der Waals surface area contributed by atoms with Crippen molar-refractivity contribution in [3.05, 3.63) is 78.3 Å². The van der Waals surface area contributed by atoms with Crippen LogP contribution in [0.1, 0.15) is 11.3 Å². The third-order valence-corrected chi connectivity index (χ3v) is 4.71. The van der Waals surface area contributed by atoms with Crippen molar-refractivity contribution < 1.29 is 18.7 Å². The van der Waals surface area contributed by atoms with Crippen LogP contribution < -0.4 is 14.8 Å². The zero-order valence-corrected chi connectivity index (χ0v) is 17.6. The summed E-state index contributed by atoms with van der Waals surface area (Å²) < 4.78 is 17.5. The lowest BCUT2D eigenvalue weighted by Gasteiger charge is -2.13. The van der Waals surface area contributed by atoms with E-state index in [9.17, 15) is 4.79 Å². The molecular weight excluding hydrogens is 410 g/mol. The van der Waals surface area contributed by atoms with Gasteiger partial charge in [0.25, 0.3) is 5.91 Å². The molecule has 0 aliphatic heterocycles. The van der Waals surface area contributed by atoms with E-state index in [1.165, 1.54) is 10.9 Å². The van der Waals surface area contributed by atoms with E-state index >= 15 is 0 Å². The van der Waals surface area contributed by atoms with Crippen molar-refractivity contribution in [2.75, 3.05) is 14.2 Å². The van der Waals surface area contributed by atoms with Gasteiger partial charge in [0, 0.05) is 23.7 Å². The van der Waals surface area contributed by atoms with Crippen LogP contribution in [0.5, 0.6) is 11.5 Å². The van der Waals surface area contributed by atoms with E-state index in [1.807, 2.05) is 30.3 Å². The minimum Gasteiger partial charge on any atom is -0.497 e. The molecule has 9 nitrogen and oxygen atoms in total. The van der Waals surface area contributed by atoms with Gasteiger partial charge < -0.3 is 19.2 Å². The van der Waals surface area contributed by atoms with Crippen LogP contribution in [0.4, 0.5) is 0 Å². The number of tetrazole rings is 1. The summed E-state index contributed by atoms with van der Waals surface area (Å²) in [6.07, 6.45) is 3.11. The number of hydrogen-bond donors (Lipinski definition) is 1.